The molecule has 0 aliphatic heterocycles. The van der Waals surface area contributed by atoms with Crippen LogP contribution >= 0.6 is 0 Å². The molecule has 202 valence electrons. The Labute approximate surface area is 255 Å². The first-order valence-electron chi connectivity index (χ1n) is 14.3. The van der Waals surface area contributed by atoms with Crippen LogP contribution in [0.15, 0.2) is 152 Å². The predicted molar refractivity (Wildman–Crippen MR) is 179 cm³/mol. The van der Waals surface area contributed by atoms with Gasteiger partial charge in [-0.15, -0.1) is 0 Å². The van der Waals surface area contributed by atoms with Crippen molar-refractivity contribution in [3.63, 3.8) is 0 Å². The van der Waals surface area contributed by atoms with Gasteiger partial charge in [0.2, 0.25) is 0 Å². The summed E-state index contributed by atoms with van der Waals surface area (Å²) >= 11 is 0.202. The van der Waals surface area contributed by atoms with E-state index < -0.39 is 0 Å². The first kappa shape index (κ1) is 25.6. The van der Waals surface area contributed by atoms with E-state index in [1.165, 1.54) is 36.0 Å². The summed E-state index contributed by atoms with van der Waals surface area (Å²) in [7, 11) is 0. The zero-order valence-electron chi connectivity index (χ0n) is 23.2. The number of nitrogens with zero attached hydrogens (tertiary/aromatic N) is 3. The minimum absolute atomic E-state index is 0.202. The molecular weight excluding hydrogens is 589 g/mol. The second kappa shape index (κ2) is 10.9. The Kier molecular flexibility index (Phi) is 6.49. The Morgan fingerprint density at radius 3 is 1.70 bits per heavy atom. The molecule has 0 atom stereocenters. The average molecular weight is 615 g/mol. The van der Waals surface area contributed by atoms with E-state index in [1.54, 1.807) is 0 Å². The summed E-state index contributed by atoms with van der Waals surface area (Å²) < 4.78 is 2.76. The minimum atomic E-state index is 0.202. The topological polar surface area (TPSA) is 38.7 Å². The molecule has 3 nitrogen and oxygen atoms in total. The van der Waals surface area contributed by atoms with Crippen LogP contribution in [0, 0.1) is 0 Å². The summed E-state index contributed by atoms with van der Waals surface area (Å²) in [4.78, 5) is 0. The SMILES string of the molecule is c1ccc(-c2ccccc2-c2ccc3[se]c4ccccc4c3c2-c2nnnc(-c3ccccc3)c2-c2ccccc2)cc1. The molecule has 0 unspecified atom stereocenters. The predicted octanol–water partition coefficient (Wildman–Crippen LogP) is 9.57. The Bertz CT molecular complexity index is 2220. The van der Waals surface area contributed by atoms with Crippen molar-refractivity contribution >= 4 is 33.8 Å². The van der Waals surface area contributed by atoms with Crippen LogP contribution in [0.5, 0.6) is 0 Å². The van der Waals surface area contributed by atoms with Crippen molar-refractivity contribution in [1.29, 1.82) is 0 Å². The van der Waals surface area contributed by atoms with Gasteiger partial charge in [0, 0.05) is 0 Å². The molecule has 2 aromatic heterocycles. The van der Waals surface area contributed by atoms with Gasteiger partial charge in [0.15, 0.2) is 0 Å². The monoisotopic (exact) mass is 615 g/mol. The summed E-state index contributed by atoms with van der Waals surface area (Å²) in [6.45, 7) is 0. The van der Waals surface area contributed by atoms with Crippen LogP contribution in [0.3, 0.4) is 0 Å². The summed E-state index contributed by atoms with van der Waals surface area (Å²) in [5.41, 5.74) is 10.5. The van der Waals surface area contributed by atoms with Gasteiger partial charge >= 0.3 is 257 Å². The Morgan fingerprint density at radius 1 is 0.372 bits per heavy atom. The molecule has 0 radical (unpaired) electrons. The van der Waals surface area contributed by atoms with E-state index in [0.29, 0.717) is 0 Å². The van der Waals surface area contributed by atoms with Crippen LogP contribution in [0.2, 0.25) is 0 Å². The van der Waals surface area contributed by atoms with Crippen molar-refractivity contribution in [2.24, 2.45) is 0 Å². The van der Waals surface area contributed by atoms with E-state index in [0.717, 1.165) is 39.2 Å². The summed E-state index contributed by atoms with van der Waals surface area (Å²) in [6, 6.07) is 53.6. The van der Waals surface area contributed by atoms with Crippen molar-refractivity contribution in [3.8, 4) is 55.9 Å². The molecule has 8 aromatic rings. The van der Waals surface area contributed by atoms with Crippen LogP contribution in [0.4, 0.5) is 0 Å². The normalized spacial score (nSPS) is 11.3. The molecule has 2 heterocycles. The summed E-state index contributed by atoms with van der Waals surface area (Å²) in [6.07, 6.45) is 0. The number of fused-ring (bicyclic) bond motifs is 3. The average Bonchev–Trinajstić information content (AvgIpc) is 3.47. The van der Waals surface area contributed by atoms with Crippen LogP contribution in [-0.2, 0) is 0 Å². The van der Waals surface area contributed by atoms with Crippen LogP contribution in [0.25, 0.3) is 75.2 Å². The van der Waals surface area contributed by atoms with Gasteiger partial charge in [-0.3, -0.25) is 0 Å². The van der Waals surface area contributed by atoms with Crippen LogP contribution in [-0.4, -0.2) is 29.9 Å². The van der Waals surface area contributed by atoms with Gasteiger partial charge in [0.25, 0.3) is 0 Å². The van der Waals surface area contributed by atoms with Gasteiger partial charge in [0.1, 0.15) is 0 Å². The molecule has 0 aliphatic rings. The standard InChI is InChI=1S/C39H25N3Se/c1-4-14-26(15-5-1)29-20-10-11-21-30(29)31-24-25-34-36(32-22-12-13-23-33(32)43-34)37(31)39-35(27-16-6-2-7-17-27)38(40-42-41-39)28-18-8-3-9-19-28/h1-25H. The summed E-state index contributed by atoms with van der Waals surface area (Å²) in [5.74, 6) is 0. The zero-order chi connectivity index (χ0) is 28.6. The third kappa shape index (κ3) is 4.49. The zero-order valence-corrected chi connectivity index (χ0v) is 24.9. The van der Waals surface area contributed by atoms with Gasteiger partial charge in [-0.05, 0) is 0 Å². The molecular formula is C39H25N3Se. The van der Waals surface area contributed by atoms with E-state index in [-0.39, 0.29) is 14.5 Å². The van der Waals surface area contributed by atoms with Gasteiger partial charge in [-0.25, -0.2) is 0 Å². The fourth-order valence-electron chi connectivity index (χ4n) is 6.05. The third-order valence-electron chi connectivity index (χ3n) is 7.95. The number of hydrogen-bond acceptors (Lipinski definition) is 3. The molecule has 0 N–H and O–H groups in total. The molecule has 0 amide bonds. The van der Waals surface area contributed by atoms with Gasteiger partial charge in [-0.1, -0.05) is 0 Å². The van der Waals surface area contributed by atoms with Crippen molar-refractivity contribution in [3.05, 3.63) is 152 Å². The second-order valence-corrected chi connectivity index (χ2v) is 12.7. The van der Waals surface area contributed by atoms with Crippen molar-refractivity contribution < 1.29 is 0 Å². The molecule has 6 aromatic carbocycles. The Morgan fingerprint density at radius 2 is 0.953 bits per heavy atom. The maximum absolute atomic E-state index is 4.90. The molecule has 0 saturated heterocycles. The second-order valence-electron chi connectivity index (χ2n) is 10.5. The quantitative estimate of drug-likeness (QED) is 0.181. The van der Waals surface area contributed by atoms with Crippen molar-refractivity contribution in [2.75, 3.05) is 0 Å². The number of benzene rings is 6. The Balaban J connectivity index is 1.54. The molecule has 43 heavy (non-hydrogen) atoms. The number of rotatable bonds is 5. The van der Waals surface area contributed by atoms with E-state index in [1.807, 2.05) is 24.3 Å². The molecule has 8 rings (SSSR count). The molecule has 0 spiro atoms. The third-order valence-corrected chi connectivity index (χ3v) is 10.3. The van der Waals surface area contributed by atoms with E-state index in [4.69, 9.17) is 5.10 Å². The van der Waals surface area contributed by atoms with Crippen LogP contribution < -0.4 is 0 Å². The maximum atomic E-state index is 4.90. The van der Waals surface area contributed by atoms with E-state index in [9.17, 15) is 0 Å². The fourth-order valence-corrected chi connectivity index (χ4v) is 8.39. The fraction of sp³-hybridized carbons (Fsp3) is 0. The first-order chi connectivity index (χ1) is 21.4. The molecule has 4 heteroatoms. The van der Waals surface area contributed by atoms with Gasteiger partial charge in [0.05, 0.1) is 0 Å². The number of hydrogen-bond donors (Lipinski definition) is 0. The van der Waals surface area contributed by atoms with Gasteiger partial charge < -0.3 is 0 Å². The van der Waals surface area contributed by atoms with Crippen molar-refractivity contribution in [2.45, 2.75) is 0 Å². The van der Waals surface area contributed by atoms with Crippen LogP contribution in [0.1, 0.15) is 0 Å². The molecule has 0 fully saturated rings. The molecule has 0 aliphatic carbocycles. The van der Waals surface area contributed by atoms with E-state index in [2.05, 4.69) is 138 Å². The number of aromatic nitrogens is 3. The molecule has 0 saturated carbocycles. The summed E-state index contributed by atoms with van der Waals surface area (Å²) in [5, 5.41) is 16.5. The van der Waals surface area contributed by atoms with Gasteiger partial charge in [-0.2, -0.15) is 0 Å². The Hall–Kier alpha value is -5.15. The first-order valence-corrected chi connectivity index (χ1v) is 16.0. The van der Waals surface area contributed by atoms with Crippen molar-refractivity contribution in [1.82, 2.24) is 15.4 Å². The van der Waals surface area contributed by atoms with E-state index >= 15 is 0 Å². The molecule has 0 bridgehead atoms.